The highest BCUT2D eigenvalue weighted by Crippen LogP contribution is 2.30. The molecule has 3 aromatic carbocycles. The molecule has 7 heteroatoms. The predicted molar refractivity (Wildman–Crippen MR) is 110 cm³/mol. The van der Waals surface area contributed by atoms with Gasteiger partial charge < -0.3 is 14.5 Å². The molecule has 0 atom stereocenters. The summed E-state index contributed by atoms with van der Waals surface area (Å²) >= 11 is 1.19. The molecule has 4 aromatic rings. The van der Waals surface area contributed by atoms with E-state index in [1.54, 1.807) is 19.2 Å². The number of carbonyl (C=O) groups excluding carboxylic acids is 1. The molecule has 0 fully saturated rings. The average Bonchev–Trinajstić information content (AvgIpc) is 3.21. The molecule has 0 aliphatic heterocycles. The van der Waals surface area contributed by atoms with E-state index < -0.39 is 0 Å². The summed E-state index contributed by atoms with van der Waals surface area (Å²) in [7, 11) is 1.56. The summed E-state index contributed by atoms with van der Waals surface area (Å²) in [6, 6.07) is 21.2. The van der Waals surface area contributed by atoms with Gasteiger partial charge in [0, 0.05) is 5.56 Å². The molecule has 0 aliphatic carbocycles. The van der Waals surface area contributed by atoms with Crippen LogP contribution < -0.4 is 10.1 Å². The van der Waals surface area contributed by atoms with Crippen molar-refractivity contribution in [2.75, 3.05) is 18.2 Å². The SMILES string of the molecule is COc1ccccc1NC(=O)CSc1nnc(-c2cccc3ccccc23)o1. The zero-order chi connectivity index (χ0) is 19.3. The summed E-state index contributed by atoms with van der Waals surface area (Å²) in [5.74, 6) is 1.01. The molecule has 140 valence electrons. The van der Waals surface area contributed by atoms with Crippen LogP contribution in [0, 0.1) is 0 Å². The number of aromatic nitrogens is 2. The van der Waals surface area contributed by atoms with E-state index in [1.165, 1.54) is 11.8 Å². The minimum Gasteiger partial charge on any atom is -0.495 e. The van der Waals surface area contributed by atoms with Crippen molar-refractivity contribution < 1.29 is 13.9 Å². The van der Waals surface area contributed by atoms with Crippen molar-refractivity contribution in [2.45, 2.75) is 5.22 Å². The Balaban J connectivity index is 1.44. The molecule has 0 unspecified atom stereocenters. The summed E-state index contributed by atoms with van der Waals surface area (Å²) < 4.78 is 11.0. The predicted octanol–water partition coefficient (Wildman–Crippen LogP) is 4.63. The van der Waals surface area contributed by atoms with Gasteiger partial charge in [-0.15, -0.1) is 10.2 Å². The summed E-state index contributed by atoms with van der Waals surface area (Å²) in [6.07, 6.45) is 0. The van der Waals surface area contributed by atoms with Crippen LogP contribution in [0.25, 0.3) is 22.2 Å². The van der Waals surface area contributed by atoms with Crippen LogP contribution in [-0.2, 0) is 4.79 Å². The van der Waals surface area contributed by atoms with Crippen molar-refractivity contribution in [1.29, 1.82) is 0 Å². The van der Waals surface area contributed by atoms with E-state index in [4.69, 9.17) is 9.15 Å². The Morgan fingerprint density at radius 2 is 1.82 bits per heavy atom. The first kappa shape index (κ1) is 18.1. The van der Waals surface area contributed by atoms with Gasteiger partial charge in [-0.05, 0) is 29.0 Å². The number of fused-ring (bicyclic) bond motifs is 1. The topological polar surface area (TPSA) is 77.2 Å². The van der Waals surface area contributed by atoms with Crippen molar-refractivity contribution in [2.24, 2.45) is 0 Å². The van der Waals surface area contributed by atoms with E-state index >= 15 is 0 Å². The molecule has 28 heavy (non-hydrogen) atoms. The lowest BCUT2D eigenvalue weighted by atomic mass is 10.0. The van der Waals surface area contributed by atoms with Gasteiger partial charge >= 0.3 is 0 Å². The Kier molecular flexibility index (Phi) is 5.25. The number of para-hydroxylation sites is 2. The molecule has 0 bridgehead atoms. The van der Waals surface area contributed by atoms with E-state index in [0.29, 0.717) is 22.6 Å². The van der Waals surface area contributed by atoms with Crippen molar-refractivity contribution in [3.05, 3.63) is 66.7 Å². The maximum Gasteiger partial charge on any atom is 0.277 e. The van der Waals surface area contributed by atoms with Gasteiger partial charge in [0.05, 0.1) is 18.6 Å². The number of nitrogens with one attached hydrogen (secondary N) is 1. The van der Waals surface area contributed by atoms with Gasteiger partial charge in [0.1, 0.15) is 5.75 Å². The quantitative estimate of drug-likeness (QED) is 0.483. The Morgan fingerprint density at radius 1 is 1.04 bits per heavy atom. The Morgan fingerprint density at radius 3 is 2.71 bits per heavy atom. The number of rotatable bonds is 6. The normalized spacial score (nSPS) is 10.8. The van der Waals surface area contributed by atoms with E-state index in [2.05, 4.69) is 15.5 Å². The second-order valence-corrected chi connectivity index (χ2v) is 6.86. The Bertz CT molecular complexity index is 1120. The summed E-state index contributed by atoms with van der Waals surface area (Å²) in [6.45, 7) is 0. The number of amides is 1. The fraction of sp³-hybridized carbons (Fsp3) is 0.0952. The lowest BCUT2D eigenvalue weighted by molar-refractivity contribution is -0.113. The number of hydrogen-bond donors (Lipinski definition) is 1. The fourth-order valence-electron chi connectivity index (χ4n) is 2.85. The second-order valence-electron chi connectivity index (χ2n) is 5.94. The minimum absolute atomic E-state index is 0.148. The van der Waals surface area contributed by atoms with Crippen molar-refractivity contribution in [3.8, 4) is 17.2 Å². The third-order valence-electron chi connectivity index (χ3n) is 4.13. The highest BCUT2D eigenvalue weighted by Gasteiger charge is 2.14. The first-order chi connectivity index (χ1) is 13.7. The molecule has 0 saturated heterocycles. The van der Waals surface area contributed by atoms with Crippen LogP contribution in [0.1, 0.15) is 0 Å². The average molecular weight is 391 g/mol. The van der Waals surface area contributed by atoms with Gasteiger partial charge in [0.25, 0.3) is 5.22 Å². The van der Waals surface area contributed by atoms with Crippen LogP contribution in [0.4, 0.5) is 5.69 Å². The van der Waals surface area contributed by atoms with Crippen LogP contribution in [-0.4, -0.2) is 29.0 Å². The lowest BCUT2D eigenvalue weighted by Crippen LogP contribution is -2.14. The molecular formula is C21H17N3O3S. The van der Waals surface area contributed by atoms with Gasteiger partial charge in [-0.25, -0.2) is 0 Å². The Hall–Kier alpha value is -3.32. The maximum atomic E-state index is 12.2. The first-order valence-corrected chi connectivity index (χ1v) is 9.60. The van der Waals surface area contributed by atoms with Crippen LogP contribution in [0.15, 0.2) is 76.4 Å². The van der Waals surface area contributed by atoms with Crippen LogP contribution in [0.2, 0.25) is 0 Å². The lowest BCUT2D eigenvalue weighted by Gasteiger charge is -2.08. The van der Waals surface area contributed by atoms with Crippen LogP contribution in [0.5, 0.6) is 5.75 Å². The van der Waals surface area contributed by atoms with Gasteiger partial charge in [0.2, 0.25) is 11.8 Å². The molecule has 0 spiro atoms. The summed E-state index contributed by atoms with van der Waals surface area (Å²) in [5.41, 5.74) is 1.49. The smallest absolute Gasteiger partial charge is 0.277 e. The number of ether oxygens (including phenoxy) is 1. The highest BCUT2D eigenvalue weighted by atomic mass is 32.2. The molecule has 0 radical (unpaired) electrons. The molecule has 1 aromatic heterocycles. The number of methoxy groups -OCH3 is 1. The van der Waals surface area contributed by atoms with Gasteiger partial charge in [-0.3, -0.25) is 4.79 Å². The van der Waals surface area contributed by atoms with Crippen molar-refractivity contribution in [3.63, 3.8) is 0 Å². The molecule has 4 rings (SSSR count). The van der Waals surface area contributed by atoms with Crippen LogP contribution in [0.3, 0.4) is 0 Å². The van der Waals surface area contributed by atoms with E-state index in [1.807, 2.05) is 54.6 Å². The van der Waals surface area contributed by atoms with Crippen molar-refractivity contribution in [1.82, 2.24) is 10.2 Å². The fourth-order valence-corrected chi connectivity index (χ4v) is 3.41. The largest absolute Gasteiger partial charge is 0.495 e. The molecular weight excluding hydrogens is 374 g/mol. The van der Waals surface area contributed by atoms with E-state index in [-0.39, 0.29) is 11.7 Å². The molecule has 6 nitrogen and oxygen atoms in total. The van der Waals surface area contributed by atoms with Gasteiger partial charge in [0.15, 0.2) is 0 Å². The number of hydrogen-bond acceptors (Lipinski definition) is 6. The highest BCUT2D eigenvalue weighted by molar-refractivity contribution is 7.99. The first-order valence-electron chi connectivity index (χ1n) is 8.62. The third kappa shape index (κ3) is 3.84. The van der Waals surface area contributed by atoms with Gasteiger partial charge in [-0.2, -0.15) is 0 Å². The van der Waals surface area contributed by atoms with Gasteiger partial charge in [-0.1, -0.05) is 60.3 Å². The zero-order valence-corrected chi connectivity index (χ0v) is 15.9. The minimum atomic E-state index is -0.181. The summed E-state index contributed by atoms with van der Waals surface area (Å²) in [5, 5.41) is 13.5. The third-order valence-corrected chi connectivity index (χ3v) is 4.95. The number of nitrogens with zero attached hydrogens (tertiary/aromatic N) is 2. The number of benzene rings is 3. The molecule has 1 heterocycles. The molecule has 0 aliphatic rings. The second kappa shape index (κ2) is 8.14. The standard InChI is InChI=1S/C21H17N3O3S/c1-26-18-12-5-4-11-17(18)22-19(25)13-28-21-24-23-20(27-21)16-10-6-8-14-7-2-3-9-15(14)16/h2-12H,13H2,1H3,(H,22,25). The Labute approximate surface area is 165 Å². The zero-order valence-electron chi connectivity index (χ0n) is 15.1. The maximum absolute atomic E-state index is 12.2. The van der Waals surface area contributed by atoms with E-state index in [9.17, 15) is 4.79 Å². The number of anilines is 1. The molecule has 1 amide bonds. The van der Waals surface area contributed by atoms with Crippen molar-refractivity contribution >= 4 is 34.1 Å². The molecule has 1 N–H and O–H groups in total. The molecule has 0 saturated carbocycles. The van der Waals surface area contributed by atoms with E-state index in [0.717, 1.165) is 16.3 Å². The number of carbonyl (C=O) groups is 1. The number of thioether (sulfide) groups is 1. The monoisotopic (exact) mass is 391 g/mol. The van der Waals surface area contributed by atoms with Crippen LogP contribution >= 0.6 is 11.8 Å². The summed E-state index contributed by atoms with van der Waals surface area (Å²) in [4.78, 5) is 12.2.